The van der Waals surface area contributed by atoms with Gasteiger partial charge in [-0.2, -0.15) is 0 Å². The molecule has 0 fully saturated rings. The van der Waals surface area contributed by atoms with Crippen LogP contribution in [0.15, 0.2) is 40.8 Å². The van der Waals surface area contributed by atoms with Gasteiger partial charge in [0, 0.05) is 11.5 Å². The molecule has 4 aromatic rings. The van der Waals surface area contributed by atoms with E-state index in [1.807, 2.05) is 0 Å². The molecule has 3 heterocycles. The van der Waals surface area contributed by atoms with Crippen molar-refractivity contribution in [2.24, 2.45) is 5.73 Å². The monoisotopic (exact) mass is 536 g/mol. The Morgan fingerprint density at radius 3 is 2.72 bits per heavy atom. The number of furan rings is 1. The van der Waals surface area contributed by atoms with Crippen molar-refractivity contribution >= 4 is 56.3 Å². The standard InChI is InChI=1S/C22H15ClF2N4O6S/c1-9-6-13(19(24)25)27-22-16(9)17(18(36-22)20(26)30)28-21(31)14-5-3-11(35-14)8-34-15-7-10(29(32)33)2-4-12(15)23/h2-7,19H,8H2,1H3,(H2,26,30)(H,28,31). The Morgan fingerprint density at radius 2 is 2.06 bits per heavy atom. The van der Waals surface area contributed by atoms with Crippen LogP contribution in [0.1, 0.15) is 43.7 Å². The fourth-order valence-electron chi connectivity index (χ4n) is 3.33. The molecule has 0 atom stereocenters. The lowest BCUT2D eigenvalue weighted by Crippen LogP contribution is -2.16. The predicted octanol–water partition coefficient (Wildman–Crippen LogP) is 5.63. The van der Waals surface area contributed by atoms with Gasteiger partial charge in [-0.15, -0.1) is 11.3 Å². The molecule has 3 aromatic heterocycles. The first-order valence-corrected chi connectivity index (χ1v) is 11.2. The number of nitrogens with one attached hydrogen (secondary N) is 1. The summed E-state index contributed by atoms with van der Waals surface area (Å²) >= 11 is 6.79. The topological polar surface area (TPSA) is 151 Å². The molecular weight excluding hydrogens is 522 g/mol. The molecule has 0 unspecified atom stereocenters. The highest BCUT2D eigenvalue weighted by atomic mass is 35.5. The second-order valence-electron chi connectivity index (χ2n) is 7.40. The van der Waals surface area contributed by atoms with Crippen LogP contribution in [-0.4, -0.2) is 21.7 Å². The van der Waals surface area contributed by atoms with Crippen molar-refractivity contribution in [3.63, 3.8) is 0 Å². The Hall–Kier alpha value is -4.10. The molecule has 4 rings (SSSR count). The number of anilines is 1. The third kappa shape index (κ3) is 4.97. The van der Waals surface area contributed by atoms with E-state index in [2.05, 4.69) is 10.3 Å². The van der Waals surface area contributed by atoms with E-state index in [1.54, 1.807) is 6.92 Å². The Labute approximate surface area is 209 Å². The van der Waals surface area contributed by atoms with Crippen molar-refractivity contribution in [1.82, 2.24) is 4.98 Å². The average molecular weight is 537 g/mol. The van der Waals surface area contributed by atoms with Crippen LogP contribution in [0.5, 0.6) is 5.75 Å². The third-order valence-corrected chi connectivity index (χ3v) is 6.36. The second-order valence-corrected chi connectivity index (χ2v) is 8.80. The number of aromatic nitrogens is 1. The minimum absolute atomic E-state index is 0.0379. The van der Waals surface area contributed by atoms with E-state index in [1.165, 1.54) is 30.3 Å². The number of rotatable bonds is 8. The molecule has 1 aromatic carbocycles. The number of aryl methyl sites for hydroxylation is 1. The lowest BCUT2D eigenvalue weighted by molar-refractivity contribution is -0.384. The maximum Gasteiger partial charge on any atom is 0.291 e. The smallest absolute Gasteiger partial charge is 0.291 e. The maximum atomic E-state index is 13.1. The first-order valence-electron chi connectivity index (χ1n) is 10.0. The number of nitro benzene ring substituents is 1. The molecule has 0 aliphatic heterocycles. The van der Waals surface area contributed by atoms with Crippen LogP contribution >= 0.6 is 22.9 Å². The third-order valence-electron chi connectivity index (χ3n) is 4.95. The summed E-state index contributed by atoms with van der Waals surface area (Å²) in [5, 5.41) is 13.9. The minimum atomic E-state index is -2.81. The van der Waals surface area contributed by atoms with Crippen LogP contribution in [0.25, 0.3) is 10.2 Å². The van der Waals surface area contributed by atoms with Gasteiger partial charge in [0.1, 0.15) is 33.5 Å². The number of nitrogens with zero attached hydrogens (tertiary/aromatic N) is 2. The van der Waals surface area contributed by atoms with E-state index >= 15 is 0 Å². The number of hydrogen-bond donors (Lipinski definition) is 2. The van der Waals surface area contributed by atoms with Crippen LogP contribution in [0.3, 0.4) is 0 Å². The van der Waals surface area contributed by atoms with E-state index in [9.17, 15) is 28.5 Å². The zero-order valence-corrected chi connectivity index (χ0v) is 19.8. The predicted molar refractivity (Wildman–Crippen MR) is 127 cm³/mol. The number of carbonyl (C=O) groups excluding carboxylic acids is 2. The number of carbonyl (C=O) groups is 2. The number of hydrogen-bond acceptors (Lipinski definition) is 8. The summed E-state index contributed by atoms with van der Waals surface area (Å²) in [7, 11) is 0. The quantitative estimate of drug-likeness (QED) is 0.219. The van der Waals surface area contributed by atoms with E-state index in [4.69, 9.17) is 26.5 Å². The molecule has 0 aliphatic rings. The molecule has 0 saturated heterocycles. The number of fused-ring (bicyclic) bond motifs is 1. The minimum Gasteiger partial charge on any atom is -0.484 e. The molecule has 0 aliphatic carbocycles. The number of pyridine rings is 1. The van der Waals surface area contributed by atoms with Gasteiger partial charge in [0.15, 0.2) is 5.76 Å². The Kier molecular flexibility index (Phi) is 6.86. The molecule has 10 nitrogen and oxygen atoms in total. The summed E-state index contributed by atoms with van der Waals surface area (Å²) < 4.78 is 37.2. The molecule has 2 amide bonds. The van der Waals surface area contributed by atoms with Gasteiger partial charge in [0.05, 0.1) is 21.7 Å². The number of halogens is 3. The summed E-state index contributed by atoms with van der Waals surface area (Å²) in [6.07, 6.45) is -2.81. The number of thiophene rings is 1. The highest BCUT2D eigenvalue weighted by Crippen LogP contribution is 2.38. The van der Waals surface area contributed by atoms with E-state index < -0.39 is 28.9 Å². The van der Waals surface area contributed by atoms with Gasteiger partial charge in [-0.25, -0.2) is 13.8 Å². The number of non-ortho nitro benzene ring substituents is 1. The van der Waals surface area contributed by atoms with E-state index in [-0.39, 0.29) is 50.0 Å². The van der Waals surface area contributed by atoms with Crippen molar-refractivity contribution in [3.05, 3.63) is 79.2 Å². The van der Waals surface area contributed by atoms with Gasteiger partial charge >= 0.3 is 0 Å². The number of nitro groups is 1. The first kappa shape index (κ1) is 25.0. The summed E-state index contributed by atoms with van der Waals surface area (Å²) in [6.45, 7) is 1.35. The summed E-state index contributed by atoms with van der Waals surface area (Å²) in [4.78, 5) is 39.1. The lowest BCUT2D eigenvalue weighted by atomic mass is 10.1. The van der Waals surface area contributed by atoms with Crippen LogP contribution in [0.4, 0.5) is 20.2 Å². The molecule has 0 bridgehead atoms. The molecule has 0 saturated carbocycles. The number of nitrogens with two attached hydrogens (primary N) is 1. The zero-order chi connectivity index (χ0) is 26.1. The maximum absolute atomic E-state index is 13.1. The molecule has 0 radical (unpaired) electrons. The van der Waals surface area contributed by atoms with Crippen molar-refractivity contribution < 1.29 is 32.4 Å². The van der Waals surface area contributed by atoms with Crippen molar-refractivity contribution in [1.29, 1.82) is 0 Å². The first-order chi connectivity index (χ1) is 17.0. The van der Waals surface area contributed by atoms with Crippen molar-refractivity contribution in [2.45, 2.75) is 20.0 Å². The molecular formula is C22H15ClF2N4O6S. The fraction of sp³-hybridized carbons (Fsp3) is 0.136. The van der Waals surface area contributed by atoms with Crippen LogP contribution in [0, 0.1) is 17.0 Å². The SMILES string of the molecule is Cc1cc(C(F)F)nc2sc(C(N)=O)c(NC(=O)c3ccc(COc4cc([N+](=O)[O-])ccc4Cl)o3)c12. The van der Waals surface area contributed by atoms with Crippen LogP contribution < -0.4 is 15.8 Å². The second kappa shape index (κ2) is 9.87. The van der Waals surface area contributed by atoms with Crippen LogP contribution in [-0.2, 0) is 6.61 Å². The summed E-state index contributed by atoms with van der Waals surface area (Å²) in [5.41, 5.74) is 5.16. The molecule has 186 valence electrons. The molecule has 3 N–H and O–H groups in total. The Morgan fingerprint density at radius 1 is 1.31 bits per heavy atom. The highest BCUT2D eigenvalue weighted by molar-refractivity contribution is 7.21. The Bertz CT molecular complexity index is 1520. The fourth-order valence-corrected chi connectivity index (χ4v) is 4.57. The van der Waals surface area contributed by atoms with Gasteiger partial charge < -0.3 is 20.2 Å². The number of amides is 2. The highest BCUT2D eigenvalue weighted by Gasteiger charge is 2.24. The zero-order valence-electron chi connectivity index (χ0n) is 18.2. The van der Waals surface area contributed by atoms with E-state index in [0.717, 1.165) is 17.4 Å². The van der Waals surface area contributed by atoms with Crippen LogP contribution in [0.2, 0.25) is 5.02 Å². The lowest BCUT2D eigenvalue weighted by Gasteiger charge is -2.08. The normalized spacial score (nSPS) is 11.1. The van der Waals surface area contributed by atoms with Gasteiger partial charge in [0.2, 0.25) is 0 Å². The van der Waals surface area contributed by atoms with E-state index in [0.29, 0.717) is 10.9 Å². The number of alkyl halides is 2. The van der Waals surface area contributed by atoms with Gasteiger partial charge in [-0.05, 0) is 36.8 Å². The summed E-state index contributed by atoms with van der Waals surface area (Å²) in [6, 6.07) is 7.66. The van der Waals surface area contributed by atoms with Crippen molar-refractivity contribution in [3.8, 4) is 5.75 Å². The number of primary amides is 1. The molecule has 0 spiro atoms. The van der Waals surface area contributed by atoms with Gasteiger partial charge in [-0.3, -0.25) is 19.7 Å². The average Bonchev–Trinajstić information content (AvgIpc) is 3.43. The molecule has 36 heavy (non-hydrogen) atoms. The van der Waals surface area contributed by atoms with Gasteiger partial charge in [-0.1, -0.05) is 11.6 Å². The molecule has 14 heteroatoms. The van der Waals surface area contributed by atoms with Crippen molar-refractivity contribution in [2.75, 3.05) is 5.32 Å². The Balaban J connectivity index is 1.56. The van der Waals surface area contributed by atoms with Gasteiger partial charge in [0.25, 0.3) is 23.9 Å². The largest absolute Gasteiger partial charge is 0.484 e. The summed E-state index contributed by atoms with van der Waals surface area (Å²) in [5.74, 6) is -1.51. The number of ether oxygens (including phenoxy) is 1. The number of benzene rings is 1.